The second kappa shape index (κ2) is 7.76. The van der Waals surface area contributed by atoms with Crippen molar-refractivity contribution >= 4 is 5.91 Å². The van der Waals surface area contributed by atoms with Gasteiger partial charge >= 0.3 is 0 Å². The summed E-state index contributed by atoms with van der Waals surface area (Å²) in [6.45, 7) is 4.79. The fourth-order valence-corrected chi connectivity index (χ4v) is 1.19. The van der Waals surface area contributed by atoms with Crippen LogP contribution in [-0.4, -0.2) is 37.6 Å². The van der Waals surface area contributed by atoms with Crippen molar-refractivity contribution in [2.45, 2.75) is 39.2 Å². The Morgan fingerprint density at radius 1 is 1.36 bits per heavy atom. The van der Waals surface area contributed by atoms with Gasteiger partial charge in [0, 0.05) is 20.6 Å². The molecule has 0 saturated heterocycles. The number of amides is 1. The molecule has 0 spiro atoms. The van der Waals surface area contributed by atoms with Gasteiger partial charge in [-0.2, -0.15) is 0 Å². The fourth-order valence-electron chi connectivity index (χ4n) is 1.19. The molecule has 0 rings (SSSR count). The summed E-state index contributed by atoms with van der Waals surface area (Å²) in [5.74, 6) is 0.0646. The Morgan fingerprint density at radius 2 is 2.00 bits per heavy atom. The highest BCUT2D eigenvalue weighted by molar-refractivity contribution is 5.81. The van der Waals surface area contributed by atoms with Gasteiger partial charge in [-0.3, -0.25) is 4.79 Å². The van der Waals surface area contributed by atoms with Crippen LogP contribution in [0.3, 0.4) is 0 Å². The number of nitrogens with one attached hydrogen (secondary N) is 2. The van der Waals surface area contributed by atoms with E-state index in [1.165, 1.54) is 12.8 Å². The minimum atomic E-state index is -0.161. The number of carbonyl (C=O) groups excluding carboxylic acids is 1. The Morgan fingerprint density at radius 3 is 2.50 bits per heavy atom. The van der Waals surface area contributed by atoms with Crippen molar-refractivity contribution in [3.8, 4) is 0 Å². The van der Waals surface area contributed by atoms with Crippen LogP contribution in [0.1, 0.15) is 33.1 Å². The Hall–Kier alpha value is -0.610. The molecule has 0 aliphatic heterocycles. The smallest absolute Gasteiger partial charge is 0.238 e. The van der Waals surface area contributed by atoms with Crippen molar-refractivity contribution in [2.24, 2.45) is 0 Å². The standard InChI is InChI=1S/C10H23N3O/c1-5-6-7-8-11-10(14)9(2)12-13(3)4/h9,12H,5-8H2,1-4H3,(H,11,14). The molecule has 0 aliphatic carbocycles. The van der Waals surface area contributed by atoms with Crippen molar-refractivity contribution in [1.29, 1.82) is 0 Å². The molecule has 14 heavy (non-hydrogen) atoms. The molecule has 0 aliphatic rings. The summed E-state index contributed by atoms with van der Waals surface area (Å²) < 4.78 is 0. The number of unbranched alkanes of at least 4 members (excludes halogenated alkanes) is 2. The fraction of sp³-hybridized carbons (Fsp3) is 0.900. The molecule has 1 atom stereocenters. The minimum Gasteiger partial charge on any atom is -0.355 e. The van der Waals surface area contributed by atoms with Crippen LogP contribution in [0.4, 0.5) is 0 Å². The molecule has 0 aromatic rings. The van der Waals surface area contributed by atoms with Crippen LogP contribution in [0.5, 0.6) is 0 Å². The lowest BCUT2D eigenvalue weighted by molar-refractivity contribution is -0.123. The summed E-state index contributed by atoms with van der Waals surface area (Å²) in [6, 6.07) is -0.161. The third-order valence-electron chi connectivity index (χ3n) is 1.92. The van der Waals surface area contributed by atoms with Crippen LogP contribution >= 0.6 is 0 Å². The Balaban J connectivity index is 3.52. The van der Waals surface area contributed by atoms with Crippen molar-refractivity contribution < 1.29 is 4.79 Å². The summed E-state index contributed by atoms with van der Waals surface area (Å²) >= 11 is 0. The highest BCUT2D eigenvalue weighted by Gasteiger charge is 2.11. The molecule has 0 bridgehead atoms. The normalized spacial score (nSPS) is 12.9. The zero-order valence-electron chi connectivity index (χ0n) is 9.76. The maximum atomic E-state index is 11.4. The van der Waals surface area contributed by atoms with Gasteiger partial charge in [-0.1, -0.05) is 19.8 Å². The zero-order chi connectivity index (χ0) is 11.0. The van der Waals surface area contributed by atoms with Crippen molar-refractivity contribution in [3.05, 3.63) is 0 Å². The summed E-state index contributed by atoms with van der Waals surface area (Å²) in [7, 11) is 3.75. The van der Waals surface area contributed by atoms with Gasteiger partial charge in [0.05, 0.1) is 6.04 Å². The lowest BCUT2D eigenvalue weighted by atomic mass is 10.2. The lowest BCUT2D eigenvalue weighted by Gasteiger charge is -2.18. The number of hydrogen-bond acceptors (Lipinski definition) is 3. The SMILES string of the molecule is CCCCCNC(=O)C(C)NN(C)C. The van der Waals surface area contributed by atoms with Gasteiger partial charge < -0.3 is 5.32 Å². The maximum absolute atomic E-state index is 11.4. The van der Waals surface area contributed by atoms with E-state index in [1.54, 1.807) is 5.01 Å². The summed E-state index contributed by atoms with van der Waals surface area (Å²) in [6.07, 6.45) is 3.42. The van der Waals surface area contributed by atoms with Crippen molar-refractivity contribution in [3.63, 3.8) is 0 Å². The Labute approximate surface area is 87.0 Å². The average molecular weight is 201 g/mol. The van der Waals surface area contributed by atoms with Gasteiger partial charge in [0.2, 0.25) is 5.91 Å². The third kappa shape index (κ3) is 6.86. The van der Waals surface area contributed by atoms with Crippen molar-refractivity contribution in [1.82, 2.24) is 15.8 Å². The molecular weight excluding hydrogens is 178 g/mol. The molecule has 0 saturated carbocycles. The number of rotatable bonds is 7. The largest absolute Gasteiger partial charge is 0.355 e. The minimum absolute atomic E-state index is 0.0646. The van der Waals surface area contributed by atoms with Gasteiger partial charge in [0.25, 0.3) is 0 Å². The average Bonchev–Trinajstić information content (AvgIpc) is 2.11. The van der Waals surface area contributed by atoms with Crippen LogP contribution in [0, 0.1) is 0 Å². The molecule has 0 aromatic heterocycles. The Bertz CT molecular complexity index is 159. The van der Waals surface area contributed by atoms with E-state index in [4.69, 9.17) is 0 Å². The quantitative estimate of drug-likeness (QED) is 0.472. The molecule has 0 radical (unpaired) electrons. The maximum Gasteiger partial charge on any atom is 0.238 e. The first kappa shape index (κ1) is 13.4. The van der Waals surface area contributed by atoms with Gasteiger partial charge in [0.1, 0.15) is 0 Å². The van der Waals surface area contributed by atoms with Crippen LogP contribution in [0.2, 0.25) is 0 Å². The van der Waals surface area contributed by atoms with E-state index < -0.39 is 0 Å². The Kier molecular flexibility index (Phi) is 7.42. The number of nitrogens with zero attached hydrogens (tertiary/aromatic N) is 1. The van der Waals surface area contributed by atoms with Gasteiger partial charge in [-0.05, 0) is 13.3 Å². The first-order valence-corrected chi connectivity index (χ1v) is 5.29. The van der Waals surface area contributed by atoms with Gasteiger partial charge in [-0.25, -0.2) is 10.4 Å². The van der Waals surface area contributed by atoms with E-state index in [9.17, 15) is 4.79 Å². The van der Waals surface area contributed by atoms with E-state index in [-0.39, 0.29) is 11.9 Å². The van der Waals surface area contributed by atoms with Crippen LogP contribution in [0.25, 0.3) is 0 Å². The summed E-state index contributed by atoms with van der Waals surface area (Å²) in [5.41, 5.74) is 3.00. The molecule has 4 nitrogen and oxygen atoms in total. The van der Waals surface area contributed by atoms with Crippen LogP contribution in [0.15, 0.2) is 0 Å². The number of hydrogen-bond donors (Lipinski definition) is 2. The first-order valence-electron chi connectivity index (χ1n) is 5.29. The first-order chi connectivity index (χ1) is 6.57. The molecule has 0 heterocycles. The molecular formula is C10H23N3O. The third-order valence-corrected chi connectivity index (χ3v) is 1.92. The second-order valence-electron chi connectivity index (χ2n) is 3.74. The van der Waals surface area contributed by atoms with E-state index in [0.29, 0.717) is 0 Å². The van der Waals surface area contributed by atoms with Gasteiger partial charge in [0.15, 0.2) is 0 Å². The molecule has 1 amide bonds. The molecule has 84 valence electrons. The van der Waals surface area contributed by atoms with Gasteiger partial charge in [-0.15, -0.1) is 0 Å². The number of carbonyl (C=O) groups is 1. The molecule has 0 fully saturated rings. The van der Waals surface area contributed by atoms with Crippen LogP contribution < -0.4 is 10.7 Å². The van der Waals surface area contributed by atoms with E-state index >= 15 is 0 Å². The molecule has 1 unspecified atom stereocenters. The van der Waals surface area contributed by atoms with E-state index in [1.807, 2.05) is 21.0 Å². The summed E-state index contributed by atoms with van der Waals surface area (Å²) in [5, 5.41) is 4.68. The highest BCUT2D eigenvalue weighted by Crippen LogP contribution is 1.91. The molecule has 4 heteroatoms. The second-order valence-corrected chi connectivity index (χ2v) is 3.74. The van der Waals surface area contributed by atoms with Crippen LogP contribution in [-0.2, 0) is 4.79 Å². The molecule has 2 N–H and O–H groups in total. The highest BCUT2D eigenvalue weighted by atomic mass is 16.2. The molecule has 0 aromatic carbocycles. The summed E-state index contributed by atoms with van der Waals surface area (Å²) in [4.78, 5) is 11.4. The number of hydrazine groups is 1. The predicted molar refractivity (Wildman–Crippen MR) is 58.8 cm³/mol. The predicted octanol–water partition coefficient (Wildman–Crippen LogP) is 0.747. The topological polar surface area (TPSA) is 44.4 Å². The van der Waals surface area contributed by atoms with Crippen molar-refractivity contribution in [2.75, 3.05) is 20.6 Å². The lowest BCUT2D eigenvalue weighted by Crippen LogP contribution is -2.47. The van der Waals surface area contributed by atoms with E-state index in [0.717, 1.165) is 13.0 Å². The monoisotopic (exact) mass is 201 g/mol. The van der Waals surface area contributed by atoms with E-state index in [2.05, 4.69) is 17.7 Å². The zero-order valence-corrected chi connectivity index (χ0v) is 9.76.